The maximum atomic E-state index is 14.7. The maximum Gasteiger partial charge on any atom is 0.360 e. The van der Waals surface area contributed by atoms with E-state index in [1.165, 1.54) is 47.3 Å². The molecule has 0 saturated heterocycles. The first-order valence-electron chi connectivity index (χ1n) is 10.7. The lowest BCUT2D eigenvalue weighted by atomic mass is 10.1. The van der Waals surface area contributed by atoms with Gasteiger partial charge in [-0.05, 0) is 55.5 Å². The van der Waals surface area contributed by atoms with Crippen molar-refractivity contribution in [2.45, 2.75) is 6.92 Å². The molecule has 4 rings (SSSR count). The first-order valence-corrected chi connectivity index (χ1v) is 11.1. The van der Waals surface area contributed by atoms with Crippen LogP contribution in [-0.4, -0.2) is 33.9 Å². The van der Waals surface area contributed by atoms with Crippen molar-refractivity contribution in [1.29, 1.82) is 0 Å². The average molecular weight is 510 g/mol. The number of aromatic nitrogens is 2. The van der Waals surface area contributed by atoms with Gasteiger partial charge in [0.1, 0.15) is 18.0 Å². The standard InChI is InChI=1S/C26H18ClF2N3O4/c1-2-36-26(35)22-23(31(15-30-22)17-13-11-16(27)12-14-17)32(24(33)18-7-3-5-9-20(18)28)25(34)19-8-4-6-10-21(19)29/h3-15H,2H2,1H3. The molecule has 1 aromatic heterocycles. The van der Waals surface area contributed by atoms with Gasteiger partial charge in [-0.15, -0.1) is 0 Å². The van der Waals surface area contributed by atoms with E-state index in [-0.39, 0.29) is 12.4 Å². The highest BCUT2D eigenvalue weighted by atomic mass is 35.5. The third-order valence-electron chi connectivity index (χ3n) is 5.14. The van der Waals surface area contributed by atoms with Crippen molar-refractivity contribution < 1.29 is 27.9 Å². The van der Waals surface area contributed by atoms with Crippen LogP contribution in [-0.2, 0) is 4.74 Å². The molecule has 182 valence electrons. The SMILES string of the molecule is CCOC(=O)c1ncn(-c2ccc(Cl)cc2)c1N(C(=O)c1ccccc1F)C(=O)c1ccccc1F. The molecule has 0 N–H and O–H groups in total. The number of rotatable bonds is 6. The van der Waals surface area contributed by atoms with Crippen LogP contribution in [0.1, 0.15) is 38.1 Å². The number of ether oxygens (including phenoxy) is 1. The summed E-state index contributed by atoms with van der Waals surface area (Å²) in [7, 11) is 0. The Kier molecular flexibility index (Phi) is 7.21. The number of benzene rings is 3. The molecule has 7 nitrogen and oxygen atoms in total. The summed E-state index contributed by atoms with van der Waals surface area (Å²) in [5.74, 6) is -5.39. The maximum absolute atomic E-state index is 14.7. The number of imidazole rings is 1. The predicted octanol–water partition coefficient (Wildman–Crippen LogP) is 5.47. The Morgan fingerprint density at radius 3 is 1.92 bits per heavy atom. The van der Waals surface area contributed by atoms with Crippen molar-refractivity contribution >= 4 is 35.2 Å². The first-order chi connectivity index (χ1) is 17.3. The molecular weight excluding hydrogens is 492 g/mol. The van der Waals surface area contributed by atoms with E-state index < -0.39 is 46.2 Å². The molecule has 0 atom stereocenters. The fourth-order valence-electron chi connectivity index (χ4n) is 3.48. The molecule has 3 aromatic carbocycles. The summed E-state index contributed by atoms with van der Waals surface area (Å²) in [5, 5.41) is 0.410. The molecule has 0 saturated carbocycles. The van der Waals surface area contributed by atoms with Gasteiger partial charge >= 0.3 is 5.97 Å². The minimum absolute atomic E-state index is 0.0192. The Morgan fingerprint density at radius 1 is 0.889 bits per heavy atom. The Bertz CT molecular complexity index is 1400. The summed E-state index contributed by atoms with van der Waals surface area (Å²) in [6.45, 7) is 1.55. The van der Waals surface area contributed by atoms with Gasteiger partial charge in [-0.2, -0.15) is 0 Å². The van der Waals surface area contributed by atoms with Gasteiger partial charge in [0.25, 0.3) is 11.8 Å². The van der Waals surface area contributed by atoms with E-state index in [1.54, 1.807) is 31.2 Å². The summed E-state index contributed by atoms with van der Waals surface area (Å²) in [6, 6.07) is 16.2. The lowest BCUT2D eigenvalue weighted by Crippen LogP contribution is -2.40. The van der Waals surface area contributed by atoms with E-state index in [9.17, 15) is 23.2 Å². The second kappa shape index (κ2) is 10.5. The molecule has 36 heavy (non-hydrogen) atoms. The van der Waals surface area contributed by atoms with Gasteiger partial charge in [-0.1, -0.05) is 35.9 Å². The minimum atomic E-state index is -1.14. The zero-order valence-electron chi connectivity index (χ0n) is 18.8. The number of carbonyl (C=O) groups excluding carboxylic acids is 3. The van der Waals surface area contributed by atoms with Crippen molar-refractivity contribution in [3.8, 4) is 5.69 Å². The fourth-order valence-corrected chi connectivity index (χ4v) is 3.61. The molecule has 0 bridgehead atoms. The van der Waals surface area contributed by atoms with Gasteiger partial charge in [0.15, 0.2) is 11.5 Å². The van der Waals surface area contributed by atoms with Crippen LogP contribution in [0.2, 0.25) is 5.02 Å². The summed E-state index contributed by atoms with van der Waals surface area (Å²) < 4.78 is 35.7. The van der Waals surface area contributed by atoms with Crippen LogP contribution < -0.4 is 4.90 Å². The van der Waals surface area contributed by atoms with Crippen LogP contribution in [0.3, 0.4) is 0 Å². The largest absolute Gasteiger partial charge is 0.461 e. The van der Waals surface area contributed by atoms with Crippen LogP contribution in [0.25, 0.3) is 5.69 Å². The molecule has 0 spiro atoms. The number of amides is 2. The summed E-state index contributed by atoms with van der Waals surface area (Å²) in [6.07, 6.45) is 1.20. The number of esters is 1. The summed E-state index contributed by atoms with van der Waals surface area (Å²) in [4.78, 5) is 44.8. The number of halogens is 3. The second-order valence-electron chi connectivity index (χ2n) is 7.39. The van der Waals surface area contributed by atoms with Crippen LogP contribution >= 0.6 is 11.6 Å². The van der Waals surface area contributed by atoms with Gasteiger partial charge in [-0.25, -0.2) is 23.5 Å². The van der Waals surface area contributed by atoms with Crippen molar-refractivity contribution in [2.75, 3.05) is 11.5 Å². The van der Waals surface area contributed by atoms with E-state index >= 15 is 0 Å². The zero-order chi connectivity index (χ0) is 25.8. The zero-order valence-corrected chi connectivity index (χ0v) is 19.6. The Labute approximate surface area is 209 Å². The van der Waals surface area contributed by atoms with Gasteiger partial charge in [-0.3, -0.25) is 14.2 Å². The van der Waals surface area contributed by atoms with E-state index in [0.717, 1.165) is 12.1 Å². The highest BCUT2D eigenvalue weighted by Gasteiger charge is 2.36. The van der Waals surface area contributed by atoms with Crippen molar-refractivity contribution in [3.05, 3.63) is 113 Å². The molecule has 0 aliphatic heterocycles. The number of nitrogens with zero attached hydrogens (tertiary/aromatic N) is 3. The molecule has 0 unspecified atom stereocenters. The molecule has 10 heteroatoms. The molecule has 0 aliphatic carbocycles. The van der Waals surface area contributed by atoms with E-state index in [2.05, 4.69) is 4.98 Å². The number of carbonyl (C=O) groups is 3. The molecule has 2 amide bonds. The van der Waals surface area contributed by atoms with Gasteiger partial charge in [0, 0.05) is 10.7 Å². The third kappa shape index (κ3) is 4.73. The highest BCUT2D eigenvalue weighted by molar-refractivity contribution is 6.30. The number of anilines is 1. The van der Waals surface area contributed by atoms with Gasteiger partial charge in [0.2, 0.25) is 0 Å². The van der Waals surface area contributed by atoms with E-state index in [1.807, 2.05) is 0 Å². The predicted molar refractivity (Wildman–Crippen MR) is 128 cm³/mol. The third-order valence-corrected chi connectivity index (χ3v) is 5.39. The van der Waals surface area contributed by atoms with Crippen molar-refractivity contribution in [1.82, 2.24) is 9.55 Å². The average Bonchev–Trinajstić information content (AvgIpc) is 3.30. The molecule has 0 aliphatic rings. The van der Waals surface area contributed by atoms with Crippen LogP contribution in [0.5, 0.6) is 0 Å². The number of hydrogen-bond donors (Lipinski definition) is 0. The lowest BCUT2D eigenvalue weighted by Gasteiger charge is -2.23. The van der Waals surface area contributed by atoms with Crippen LogP contribution in [0, 0.1) is 11.6 Å². The normalized spacial score (nSPS) is 10.7. The minimum Gasteiger partial charge on any atom is -0.461 e. The molecular formula is C26H18ClF2N3O4. The van der Waals surface area contributed by atoms with Gasteiger partial charge < -0.3 is 4.74 Å². The summed E-state index contributed by atoms with van der Waals surface area (Å²) in [5.41, 5.74) is -0.979. The molecule has 0 fully saturated rings. The van der Waals surface area contributed by atoms with Gasteiger partial charge in [0.05, 0.1) is 17.7 Å². The smallest absolute Gasteiger partial charge is 0.360 e. The highest BCUT2D eigenvalue weighted by Crippen LogP contribution is 2.30. The van der Waals surface area contributed by atoms with Crippen LogP contribution in [0.15, 0.2) is 79.1 Å². The van der Waals surface area contributed by atoms with E-state index in [4.69, 9.17) is 16.3 Å². The summed E-state index contributed by atoms with van der Waals surface area (Å²) >= 11 is 5.99. The monoisotopic (exact) mass is 509 g/mol. The Hall–Kier alpha value is -4.37. The molecule has 0 radical (unpaired) electrons. The van der Waals surface area contributed by atoms with Crippen LogP contribution in [0.4, 0.5) is 14.6 Å². The second-order valence-corrected chi connectivity index (χ2v) is 7.83. The first kappa shape index (κ1) is 24.7. The topological polar surface area (TPSA) is 81.5 Å². The molecule has 1 heterocycles. The molecule has 4 aromatic rings. The number of hydrogen-bond acceptors (Lipinski definition) is 5. The quantitative estimate of drug-likeness (QED) is 0.254. The Balaban J connectivity index is 2.01. The lowest BCUT2D eigenvalue weighted by molar-refractivity contribution is 0.0521. The Morgan fingerprint density at radius 2 is 1.42 bits per heavy atom. The van der Waals surface area contributed by atoms with Crippen molar-refractivity contribution in [3.63, 3.8) is 0 Å². The van der Waals surface area contributed by atoms with Crippen molar-refractivity contribution in [2.24, 2.45) is 0 Å². The van der Waals surface area contributed by atoms with E-state index in [0.29, 0.717) is 15.6 Å². The number of imide groups is 1. The fraction of sp³-hybridized carbons (Fsp3) is 0.0769.